The second kappa shape index (κ2) is 14.7. The van der Waals surface area contributed by atoms with Gasteiger partial charge in [-0.1, -0.05) is 108 Å². The lowest BCUT2D eigenvalue weighted by Gasteiger charge is -2.08. The molecule has 0 aliphatic rings. The third kappa shape index (κ3) is 8.38. The van der Waals surface area contributed by atoms with Crippen molar-refractivity contribution in [1.29, 1.82) is 0 Å². The Morgan fingerprint density at radius 2 is 1.15 bits per heavy atom. The number of aryl methyl sites for hydroxylation is 2. The Balaban J connectivity index is 1.52. The zero-order valence-electron chi connectivity index (χ0n) is 21.3. The summed E-state index contributed by atoms with van der Waals surface area (Å²) < 4.78 is 14.7. The molecule has 0 radical (unpaired) electrons. The summed E-state index contributed by atoms with van der Waals surface area (Å²) in [7, 11) is 0. The van der Waals surface area contributed by atoms with Gasteiger partial charge in [0.15, 0.2) is 0 Å². The molecule has 182 valence electrons. The number of benzene rings is 2. The van der Waals surface area contributed by atoms with Crippen LogP contribution in [-0.2, 0) is 12.8 Å². The molecule has 0 N–H and O–H groups in total. The maximum Gasteiger partial charge on any atom is 0.132 e. The summed E-state index contributed by atoms with van der Waals surface area (Å²) in [5.74, 6) is -0.178. The normalized spacial score (nSPS) is 11.1. The highest BCUT2D eigenvalue weighted by Crippen LogP contribution is 2.26. The molecule has 0 saturated heterocycles. The van der Waals surface area contributed by atoms with Crippen LogP contribution in [0, 0.1) is 5.82 Å². The second-order valence-corrected chi connectivity index (χ2v) is 9.63. The van der Waals surface area contributed by atoms with E-state index in [4.69, 9.17) is 0 Å². The number of nitrogens with zero attached hydrogens (tertiary/aromatic N) is 1. The van der Waals surface area contributed by atoms with E-state index in [-0.39, 0.29) is 5.82 Å². The molecule has 3 aromatic rings. The summed E-state index contributed by atoms with van der Waals surface area (Å²) in [4.78, 5) is 4.58. The van der Waals surface area contributed by atoms with E-state index < -0.39 is 0 Å². The van der Waals surface area contributed by atoms with Crippen molar-refractivity contribution in [3.8, 4) is 22.4 Å². The van der Waals surface area contributed by atoms with Crippen LogP contribution in [0.2, 0.25) is 0 Å². The third-order valence-electron chi connectivity index (χ3n) is 6.75. The van der Waals surface area contributed by atoms with Gasteiger partial charge in [0, 0.05) is 17.3 Å². The van der Waals surface area contributed by atoms with Crippen LogP contribution in [0.4, 0.5) is 4.39 Å². The Morgan fingerprint density at radius 3 is 1.76 bits per heavy atom. The van der Waals surface area contributed by atoms with Crippen LogP contribution in [0.5, 0.6) is 0 Å². The minimum absolute atomic E-state index is 0.178. The number of rotatable bonds is 15. The molecule has 0 fully saturated rings. The largest absolute Gasteiger partial charge is 0.256 e. The molecule has 1 heterocycles. The Bertz CT molecular complexity index is 959. The lowest BCUT2D eigenvalue weighted by Crippen LogP contribution is -1.93. The SMILES string of the molecule is CCCCCCCCCc1ccc(-c2ccc(-c3ccc(CCCCCC)cc3F)nc2)cc1. The Kier molecular flexibility index (Phi) is 11.3. The number of hydrogen-bond acceptors (Lipinski definition) is 1. The van der Waals surface area contributed by atoms with Gasteiger partial charge in [0.25, 0.3) is 0 Å². The van der Waals surface area contributed by atoms with E-state index in [1.807, 2.05) is 30.5 Å². The molecule has 0 bridgehead atoms. The Hall–Kier alpha value is -2.48. The fourth-order valence-electron chi connectivity index (χ4n) is 4.55. The lowest BCUT2D eigenvalue weighted by molar-refractivity contribution is 0.589. The van der Waals surface area contributed by atoms with Crippen molar-refractivity contribution < 1.29 is 4.39 Å². The quantitative estimate of drug-likeness (QED) is 0.206. The first kappa shape index (κ1) is 26.1. The molecule has 34 heavy (non-hydrogen) atoms. The van der Waals surface area contributed by atoms with Crippen LogP contribution in [0.15, 0.2) is 60.8 Å². The summed E-state index contributed by atoms with van der Waals surface area (Å²) >= 11 is 0. The molecule has 2 heteroatoms. The van der Waals surface area contributed by atoms with Crippen LogP contribution in [-0.4, -0.2) is 4.98 Å². The highest BCUT2D eigenvalue weighted by atomic mass is 19.1. The predicted molar refractivity (Wildman–Crippen MR) is 145 cm³/mol. The number of unbranched alkanes of at least 4 members (excludes halogenated alkanes) is 9. The van der Waals surface area contributed by atoms with Gasteiger partial charge in [-0.05, 0) is 60.6 Å². The topological polar surface area (TPSA) is 12.9 Å². The molecule has 1 aromatic heterocycles. The van der Waals surface area contributed by atoms with Gasteiger partial charge in [0.05, 0.1) is 5.69 Å². The molecule has 1 nitrogen and oxygen atoms in total. The Labute approximate surface area is 206 Å². The van der Waals surface area contributed by atoms with Gasteiger partial charge in [-0.15, -0.1) is 0 Å². The van der Waals surface area contributed by atoms with Gasteiger partial charge in [0.1, 0.15) is 5.82 Å². The summed E-state index contributed by atoms with van der Waals surface area (Å²) in [6.07, 6.45) is 18.2. The molecule has 0 amide bonds. The van der Waals surface area contributed by atoms with Gasteiger partial charge in [-0.3, -0.25) is 4.98 Å². The number of pyridine rings is 1. The first-order valence-electron chi connectivity index (χ1n) is 13.6. The van der Waals surface area contributed by atoms with Gasteiger partial charge in [0.2, 0.25) is 0 Å². The van der Waals surface area contributed by atoms with Crippen molar-refractivity contribution in [2.24, 2.45) is 0 Å². The lowest BCUT2D eigenvalue weighted by atomic mass is 10.0. The summed E-state index contributed by atoms with van der Waals surface area (Å²) in [5.41, 5.74) is 5.97. The Morgan fingerprint density at radius 1 is 0.588 bits per heavy atom. The van der Waals surface area contributed by atoms with E-state index in [1.165, 1.54) is 69.8 Å². The molecule has 0 spiro atoms. The van der Waals surface area contributed by atoms with E-state index in [0.29, 0.717) is 11.3 Å². The van der Waals surface area contributed by atoms with Crippen molar-refractivity contribution >= 4 is 0 Å². The third-order valence-corrected chi connectivity index (χ3v) is 6.75. The first-order chi connectivity index (χ1) is 16.7. The van der Waals surface area contributed by atoms with Crippen molar-refractivity contribution in [2.45, 2.75) is 97.3 Å². The molecule has 0 aliphatic heterocycles. The zero-order valence-corrected chi connectivity index (χ0v) is 21.3. The minimum Gasteiger partial charge on any atom is -0.256 e. The standard InChI is InChI=1S/C32H42FN/c1-3-5-7-9-10-11-13-14-26-16-19-28(20-17-26)29-21-23-32(34-25-29)30-22-18-27(24-31(30)33)15-12-8-6-4-2/h16-25H,3-15H2,1-2H3. The van der Waals surface area contributed by atoms with E-state index >= 15 is 0 Å². The number of halogens is 1. The summed E-state index contributed by atoms with van der Waals surface area (Å²) in [5, 5.41) is 0. The highest BCUT2D eigenvalue weighted by Gasteiger charge is 2.08. The average Bonchev–Trinajstić information content (AvgIpc) is 2.87. The molecular weight excluding hydrogens is 417 g/mol. The van der Waals surface area contributed by atoms with Gasteiger partial charge in [-0.2, -0.15) is 0 Å². The van der Waals surface area contributed by atoms with Crippen LogP contribution >= 0.6 is 0 Å². The highest BCUT2D eigenvalue weighted by molar-refractivity contribution is 5.67. The van der Waals surface area contributed by atoms with Crippen molar-refractivity contribution in [3.05, 3.63) is 77.7 Å². The minimum atomic E-state index is -0.178. The van der Waals surface area contributed by atoms with E-state index in [2.05, 4.69) is 43.1 Å². The predicted octanol–water partition coefficient (Wildman–Crippen LogP) is 9.97. The molecular formula is C32H42FN. The van der Waals surface area contributed by atoms with Gasteiger partial charge < -0.3 is 0 Å². The second-order valence-electron chi connectivity index (χ2n) is 9.63. The van der Waals surface area contributed by atoms with Crippen molar-refractivity contribution in [2.75, 3.05) is 0 Å². The van der Waals surface area contributed by atoms with E-state index in [9.17, 15) is 4.39 Å². The van der Waals surface area contributed by atoms with Crippen molar-refractivity contribution in [3.63, 3.8) is 0 Å². The van der Waals surface area contributed by atoms with Gasteiger partial charge in [-0.25, -0.2) is 4.39 Å². The number of hydrogen-bond donors (Lipinski definition) is 0. The molecule has 2 aromatic carbocycles. The molecule has 0 atom stereocenters. The maximum absolute atomic E-state index is 14.7. The van der Waals surface area contributed by atoms with E-state index in [0.717, 1.165) is 36.0 Å². The average molecular weight is 460 g/mol. The van der Waals surface area contributed by atoms with Crippen LogP contribution < -0.4 is 0 Å². The summed E-state index contributed by atoms with van der Waals surface area (Å²) in [6, 6.07) is 18.4. The van der Waals surface area contributed by atoms with Crippen LogP contribution in [0.1, 0.15) is 95.6 Å². The van der Waals surface area contributed by atoms with Crippen LogP contribution in [0.25, 0.3) is 22.4 Å². The molecule has 0 unspecified atom stereocenters. The fourth-order valence-corrected chi connectivity index (χ4v) is 4.55. The molecule has 0 aliphatic carbocycles. The van der Waals surface area contributed by atoms with Crippen molar-refractivity contribution in [1.82, 2.24) is 4.98 Å². The molecule has 0 saturated carbocycles. The first-order valence-corrected chi connectivity index (χ1v) is 13.6. The smallest absolute Gasteiger partial charge is 0.132 e. The fraction of sp³-hybridized carbons (Fsp3) is 0.469. The summed E-state index contributed by atoms with van der Waals surface area (Å²) in [6.45, 7) is 4.47. The monoisotopic (exact) mass is 459 g/mol. The number of aromatic nitrogens is 1. The zero-order chi connectivity index (χ0) is 24.0. The maximum atomic E-state index is 14.7. The van der Waals surface area contributed by atoms with E-state index in [1.54, 1.807) is 6.07 Å². The van der Waals surface area contributed by atoms with Crippen LogP contribution in [0.3, 0.4) is 0 Å². The molecule has 3 rings (SSSR count). The van der Waals surface area contributed by atoms with Gasteiger partial charge >= 0.3 is 0 Å².